The fourth-order valence-corrected chi connectivity index (χ4v) is 1.79. The van der Waals surface area contributed by atoms with Crippen LogP contribution in [-0.4, -0.2) is 19.1 Å². The molecule has 1 N–H and O–H groups in total. The number of methoxy groups -OCH3 is 1. The van der Waals surface area contributed by atoms with Gasteiger partial charge < -0.3 is 4.74 Å². The number of hydrogen-bond acceptors (Lipinski definition) is 3. The molecule has 0 spiro atoms. The molecule has 1 rings (SSSR count). The monoisotopic (exact) mass is 249 g/mol. The molecule has 1 aromatic rings. The Labute approximate surface area is 110 Å². The molecule has 0 aromatic heterocycles. The van der Waals surface area contributed by atoms with Gasteiger partial charge in [-0.1, -0.05) is 50.6 Å². The first-order valence-corrected chi connectivity index (χ1v) is 6.21. The minimum Gasteiger partial charge on any atom is -0.468 e. The molecule has 0 saturated heterocycles. The molecule has 0 saturated carbocycles. The van der Waals surface area contributed by atoms with Crippen molar-refractivity contribution in [3.63, 3.8) is 0 Å². The van der Waals surface area contributed by atoms with Gasteiger partial charge in [0.15, 0.2) is 0 Å². The molecule has 0 aliphatic carbocycles. The quantitative estimate of drug-likeness (QED) is 0.834. The first-order chi connectivity index (χ1) is 8.34. The van der Waals surface area contributed by atoms with Gasteiger partial charge in [0.1, 0.15) is 6.04 Å². The van der Waals surface area contributed by atoms with Crippen molar-refractivity contribution < 1.29 is 9.53 Å². The summed E-state index contributed by atoms with van der Waals surface area (Å²) in [6.45, 7) is 8.80. The van der Waals surface area contributed by atoms with Gasteiger partial charge in [-0.25, -0.2) is 0 Å². The first-order valence-electron chi connectivity index (χ1n) is 6.21. The Bertz CT molecular complexity index is 390. The maximum absolute atomic E-state index is 11.7. The molecular formula is C15H23NO2. The van der Waals surface area contributed by atoms with E-state index in [0.717, 1.165) is 0 Å². The second-order valence-electron chi connectivity index (χ2n) is 5.69. The summed E-state index contributed by atoms with van der Waals surface area (Å²) in [6.07, 6.45) is 0. The molecule has 0 radical (unpaired) electrons. The maximum Gasteiger partial charge on any atom is 0.323 e. The summed E-state index contributed by atoms with van der Waals surface area (Å²) in [5.41, 5.74) is 2.23. The van der Waals surface area contributed by atoms with Crippen LogP contribution in [0.4, 0.5) is 0 Å². The second kappa shape index (κ2) is 6.01. The van der Waals surface area contributed by atoms with Crippen LogP contribution in [-0.2, 0) is 16.1 Å². The van der Waals surface area contributed by atoms with E-state index >= 15 is 0 Å². The number of rotatable bonds is 4. The minimum atomic E-state index is -0.302. The van der Waals surface area contributed by atoms with E-state index in [0.29, 0.717) is 6.54 Å². The van der Waals surface area contributed by atoms with Crippen LogP contribution in [0.25, 0.3) is 0 Å². The Morgan fingerprint density at radius 1 is 1.28 bits per heavy atom. The lowest BCUT2D eigenvalue weighted by atomic mass is 9.86. The van der Waals surface area contributed by atoms with Crippen LogP contribution >= 0.6 is 0 Å². The molecule has 1 aromatic carbocycles. The number of aryl methyl sites for hydroxylation is 1. The molecule has 3 heteroatoms. The summed E-state index contributed by atoms with van der Waals surface area (Å²) in [6, 6.07) is 7.98. The van der Waals surface area contributed by atoms with E-state index in [4.69, 9.17) is 4.74 Å². The lowest BCUT2D eigenvalue weighted by Gasteiger charge is -2.29. The molecule has 1 unspecified atom stereocenters. The highest BCUT2D eigenvalue weighted by Gasteiger charge is 2.31. The number of nitrogens with one attached hydrogen (secondary N) is 1. The zero-order valence-electron chi connectivity index (χ0n) is 11.9. The van der Waals surface area contributed by atoms with Gasteiger partial charge in [-0.3, -0.25) is 10.1 Å². The average Bonchev–Trinajstić information content (AvgIpc) is 2.29. The SMILES string of the molecule is COC(=O)C(NCc1ccc(C)cc1)C(C)(C)C. The van der Waals surface area contributed by atoms with Crippen LogP contribution < -0.4 is 5.32 Å². The summed E-state index contributed by atoms with van der Waals surface area (Å²) in [7, 11) is 1.43. The van der Waals surface area contributed by atoms with Crippen LogP contribution in [0.5, 0.6) is 0 Å². The first kappa shape index (κ1) is 14.7. The summed E-state index contributed by atoms with van der Waals surface area (Å²) in [5.74, 6) is -0.213. The van der Waals surface area contributed by atoms with Crippen molar-refractivity contribution in [2.24, 2.45) is 5.41 Å². The van der Waals surface area contributed by atoms with Crippen LogP contribution in [0.2, 0.25) is 0 Å². The lowest BCUT2D eigenvalue weighted by Crippen LogP contribution is -2.46. The summed E-state index contributed by atoms with van der Waals surface area (Å²) < 4.78 is 4.84. The molecule has 0 amide bonds. The van der Waals surface area contributed by atoms with E-state index in [1.54, 1.807) is 0 Å². The van der Waals surface area contributed by atoms with Gasteiger partial charge in [-0.15, -0.1) is 0 Å². The topological polar surface area (TPSA) is 38.3 Å². The molecular weight excluding hydrogens is 226 g/mol. The Morgan fingerprint density at radius 3 is 2.28 bits per heavy atom. The third-order valence-electron chi connectivity index (χ3n) is 2.93. The normalized spacial score (nSPS) is 13.2. The Kier molecular flexibility index (Phi) is 4.91. The third-order valence-corrected chi connectivity index (χ3v) is 2.93. The molecule has 0 aliphatic rings. The minimum absolute atomic E-state index is 0.169. The highest BCUT2D eigenvalue weighted by molar-refractivity contribution is 5.76. The molecule has 18 heavy (non-hydrogen) atoms. The van der Waals surface area contributed by atoms with Crippen LogP contribution in [0.1, 0.15) is 31.9 Å². The van der Waals surface area contributed by atoms with Gasteiger partial charge in [0.05, 0.1) is 7.11 Å². The van der Waals surface area contributed by atoms with E-state index in [1.165, 1.54) is 18.2 Å². The highest BCUT2D eigenvalue weighted by Crippen LogP contribution is 2.20. The predicted octanol–water partition coefficient (Wildman–Crippen LogP) is 2.67. The van der Waals surface area contributed by atoms with Crippen LogP contribution in [0.3, 0.4) is 0 Å². The molecule has 100 valence electrons. The summed E-state index contributed by atoms with van der Waals surface area (Å²) in [5, 5.41) is 3.27. The van der Waals surface area contributed by atoms with Crippen molar-refractivity contribution in [1.82, 2.24) is 5.32 Å². The number of carbonyl (C=O) groups excluding carboxylic acids is 1. The Balaban J connectivity index is 2.68. The molecule has 0 fully saturated rings. The predicted molar refractivity (Wildman–Crippen MR) is 73.3 cm³/mol. The van der Waals surface area contributed by atoms with Crippen molar-refractivity contribution in [2.75, 3.05) is 7.11 Å². The Morgan fingerprint density at radius 2 is 1.83 bits per heavy atom. The van der Waals surface area contributed by atoms with Crippen LogP contribution in [0.15, 0.2) is 24.3 Å². The highest BCUT2D eigenvalue weighted by atomic mass is 16.5. The number of esters is 1. The van der Waals surface area contributed by atoms with Crippen LogP contribution in [0, 0.1) is 12.3 Å². The number of ether oxygens (including phenoxy) is 1. The van der Waals surface area contributed by atoms with E-state index in [-0.39, 0.29) is 17.4 Å². The third kappa shape index (κ3) is 4.15. The van der Waals surface area contributed by atoms with E-state index in [2.05, 4.69) is 36.5 Å². The molecule has 1 atom stereocenters. The van der Waals surface area contributed by atoms with E-state index < -0.39 is 0 Å². The van der Waals surface area contributed by atoms with E-state index in [1.807, 2.05) is 20.8 Å². The number of benzene rings is 1. The van der Waals surface area contributed by atoms with Gasteiger partial charge in [0, 0.05) is 6.54 Å². The molecule has 3 nitrogen and oxygen atoms in total. The van der Waals surface area contributed by atoms with E-state index in [9.17, 15) is 4.79 Å². The molecule has 0 bridgehead atoms. The van der Waals surface area contributed by atoms with Crippen molar-refractivity contribution in [3.05, 3.63) is 35.4 Å². The lowest BCUT2D eigenvalue weighted by molar-refractivity contribution is -0.146. The largest absolute Gasteiger partial charge is 0.468 e. The van der Waals surface area contributed by atoms with Crippen molar-refractivity contribution in [1.29, 1.82) is 0 Å². The summed E-state index contributed by atoms with van der Waals surface area (Å²) >= 11 is 0. The van der Waals surface area contributed by atoms with Gasteiger partial charge in [-0.05, 0) is 17.9 Å². The van der Waals surface area contributed by atoms with Crippen molar-refractivity contribution in [3.8, 4) is 0 Å². The number of carbonyl (C=O) groups is 1. The fourth-order valence-electron chi connectivity index (χ4n) is 1.79. The maximum atomic E-state index is 11.7. The van der Waals surface area contributed by atoms with Crippen molar-refractivity contribution in [2.45, 2.75) is 40.3 Å². The smallest absolute Gasteiger partial charge is 0.323 e. The van der Waals surface area contributed by atoms with Gasteiger partial charge in [-0.2, -0.15) is 0 Å². The van der Waals surface area contributed by atoms with Gasteiger partial charge >= 0.3 is 5.97 Å². The zero-order chi connectivity index (χ0) is 13.8. The van der Waals surface area contributed by atoms with Crippen molar-refractivity contribution >= 4 is 5.97 Å². The van der Waals surface area contributed by atoms with Gasteiger partial charge in [0.2, 0.25) is 0 Å². The van der Waals surface area contributed by atoms with Gasteiger partial charge in [0.25, 0.3) is 0 Å². The summed E-state index contributed by atoms with van der Waals surface area (Å²) in [4.78, 5) is 11.7. The molecule has 0 aliphatic heterocycles. The number of hydrogen-bond donors (Lipinski definition) is 1. The zero-order valence-corrected chi connectivity index (χ0v) is 11.9. The standard InChI is InChI=1S/C15H23NO2/c1-11-6-8-12(9-7-11)10-16-13(14(17)18-5)15(2,3)4/h6-9,13,16H,10H2,1-5H3. The average molecular weight is 249 g/mol. The molecule has 0 heterocycles. The second-order valence-corrected chi connectivity index (χ2v) is 5.69. The Hall–Kier alpha value is -1.35. The fraction of sp³-hybridized carbons (Fsp3) is 0.533.